The third-order valence-corrected chi connectivity index (χ3v) is 4.90. The van der Waals surface area contributed by atoms with Gasteiger partial charge < -0.3 is 14.6 Å². The zero-order chi connectivity index (χ0) is 19.6. The summed E-state index contributed by atoms with van der Waals surface area (Å²) in [6, 6.07) is 18.5. The zero-order valence-corrected chi connectivity index (χ0v) is 16.8. The maximum atomic E-state index is 10.3. The minimum absolute atomic E-state index is 0.294. The summed E-state index contributed by atoms with van der Waals surface area (Å²) in [4.78, 5) is 4.53. The Balaban J connectivity index is 1.39. The number of aliphatic hydroxyl groups excluding tert-OH is 1. The molecule has 1 aliphatic heterocycles. The molecule has 0 unspecified atom stereocenters. The number of nitrogens with zero attached hydrogens (tertiary/aromatic N) is 2. The summed E-state index contributed by atoms with van der Waals surface area (Å²) in [5.41, 5.74) is 2.52. The van der Waals surface area contributed by atoms with Crippen LogP contribution in [0.3, 0.4) is 0 Å². The Bertz CT molecular complexity index is 670. The summed E-state index contributed by atoms with van der Waals surface area (Å²) >= 11 is 0. The molecule has 2 aromatic carbocycles. The minimum Gasteiger partial charge on any atom is -0.491 e. The number of benzene rings is 2. The van der Waals surface area contributed by atoms with E-state index >= 15 is 0 Å². The Morgan fingerprint density at radius 3 is 2.61 bits per heavy atom. The standard InChI is InChI=1S/C23H32N2O3/c1-24(16-20-6-3-2-4-7-20)18-22(26)19-28-23-10-8-21(9-11-23)17-25-12-5-14-27-15-13-25/h2-4,6-11,22,26H,5,12-19H2,1H3/t22-/m0/s1. The predicted octanol–water partition coefficient (Wildman–Crippen LogP) is 2.78. The smallest absolute Gasteiger partial charge is 0.119 e. The van der Waals surface area contributed by atoms with Gasteiger partial charge in [-0.2, -0.15) is 0 Å². The number of hydrogen-bond donors (Lipinski definition) is 1. The molecule has 152 valence electrons. The Kier molecular flexibility index (Phi) is 8.30. The first-order valence-corrected chi connectivity index (χ1v) is 10.1. The largest absolute Gasteiger partial charge is 0.491 e. The van der Waals surface area contributed by atoms with Gasteiger partial charge in [0, 0.05) is 39.3 Å². The maximum Gasteiger partial charge on any atom is 0.119 e. The van der Waals surface area contributed by atoms with Gasteiger partial charge in [-0.1, -0.05) is 42.5 Å². The molecule has 0 spiro atoms. The van der Waals surface area contributed by atoms with Gasteiger partial charge in [0.25, 0.3) is 0 Å². The van der Waals surface area contributed by atoms with E-state index in [1.54, 1.807) is 0 Å². The van der Waals surface area contributed by atoms with Crippen molar-refractivity contribution in [3.63, 3.8) is 0 Å². The van der Waals surface area contributed by atoms with Crippen molar-refractivity contribution >= 4 is 0 Å². The topological polar surface area (TPSA) is 45.2 Å². The minimum atomic E-state index is -0.523. The Morgan fingerprint density at radius 2 is 1.82 bits per heavy atom. The van der Waals surface area contributed by atoms with Crippen molar-refractivity contribution in [1.82, 2.24) is 9.80 Å². The van der Waals surface area contributed by atoms with E-state index in [0.29, 0.717) is 13.2 Å². The van der Waals surface area contributed by atoms with E-state index in [9.17, 15) is 5.11 Å². The third kappa shape index (κ3) is 7.24. The van der Waals surface area contributed by atoms with Crippen molar-refractivity contribution in [1.29, 1.82) is 0 Å². The Hall–Kier alpha value is -1.92. The number of aliphatic hydroxyl groups is 1. The number of likely N-dealkylation sites (N-methyl/N-ethyl adjacent to an activating group) is 1. The molecule has 1 saturated heterocycles. The molecule has 0 radical (unpaired) electrons. The second-order valence-electron chi connectivity index (χ2n) is 7.53. The second-order valence-corrected chi connectivity index (χ2v) is 7.53. The molecular weight excluding hydrogens is 352 g/mol. The molecule has 1 aliphatic rings. The molecule has 0 amide bonds. The van der Waals surface area contributed by atoms with Crippen LogP contribution in [0, 0.1) is 0 Å². The SMILES string of the molecule is CN(Cc1ccccc1)C[C@H](O)COc1ccc(CN2CCCOCC2)cc1. The highest BCUT2D eigenvalue weighted by Crippen LogP contribution is 2.15. The van der Waals surface area contributed by atoms with E-state index in [1.165, 1.54) is 11.1 Å². The molecule has 1 N–H and O–H groups in total. The van der Waals surface area contributed by atoms with Gasteiger partial charge in [-0.05, 0) is 36.7 Å². The van der Waals surface area contributed by atoms with Crippen molar-refractivity contribution in [2.24, 2.45) is 0 Å². The van der Waals surface area contributed by atoms with Crippen molar-refractivity contribution < 1.29 is 14.6 Å². The molecule has 2 aromatic rings. The molecule has 1 atom stereocenters. The zero-order valence-electron chi connectivity index (χ0n) is 16.8. The number of rotatable bonds is 9. The lowest BCUT2D eigenvalue weighted by molar-refractivity contribution is 0.0744. The van der Waals surface area contributed by atoms with E-state index in [-0.39, 0.29) is 0 Å². The molecule has 3 rings (SSSR count). The first-order valence-electron chi connectivity index (χ1n) is 10.1. The molecule has 5 nitrogen and oxygen atoms in total. The monoisotopic (exact) mass is 384 g/mol. The van der Waals surface area contributed by atoms with Gasteiger partial charge in [-0.25, -0.2) is 0 Å². The molecule has 0 aliphatic carbocycles. The van der Waals surface area contributed by atoms with Gasteiger partial charge in [0.05, 0.1) is 6.61 Å². The van der Waals surface area contributed by atoms with Gasteiger partial charge >= 0.3 is 0 Å². The fourth-order valence-electron chi connectivity index (χ4n) is 3.47. The highest BCUT2D eigenvalue weighted by Gasteiger charge is 2.11. The van der Waals surface area contributed by atoms with Crippen LogP contribution in [0.5, 0.6) is 5.75 Å². The van der Waals surface area contributed by atoms with Crippen molar-refractivity contribution in [3.05, 3.63) is 65.7 Å². The maximum absolute atomic E-state index is 10.3. The summed E-state index contributed by atoms with van der Waals surface area (Å²) in [6.07, 6.45) is 0.572. The molecule has 28 heavy (non-hydrogen) atoms. The predicted molar refractivity (Wildman–Crippen MR) is 111 cm³/mol. The quantitative estimate of drug-likeness (QED) is 0.720. The van der Waals surface area contributed by atoms with Gasteiger partial charge in [-0.3, -0.25) is 9.80 Å². The van der Waals surface area contributed by atoms with Gasteiger partial charge in [0.1, 0.15) is 18.5 Å². The van der Waals surface area contributed by atoms with Crippen LogP contribution in [0.1, 0.15) is 17.5 Å². The average Bonchev–Trinajstić information content (AvgIpc) is 2.97. The lowest BCUT2D eigenvalue weighted by Crippen LogP contribution is -2.32. The van der Waals surface area contributed by atoms with Crippen LogP contribution >= 0.6 is 0 Å². The summed E-state index contributed by atoms with van der Waals surface area (Å²) < 4.78 is 11.3. The first-order chi connectivity index (χ1) is 13.7. The Labute approximate surface area is 168 Å². The molecule has 1 fully saturated rings. The average molecular weight is 385 g/mol. The van der Waals surface area contributed by atoms with Crippen LogP contribution in [-0.2, 0) is 17.8 Å². The van der Waals surface area contributed by atoms with Crippen LogP contribution in [0.2, 0.25) is 0 Å². The van der Waals surface area contributed by atoms with Crippen molar-refractivity contribution in [3.8, 4) is 5.75 Å². The lowest BCUT2D eigenvalue weighted by atomic mass is 10.2. The van der Waals surface area contributed by atoms with E-state index in [0.717, 1.165) is 51.6 Å². The summed E-state index contributed by atoms with van der Waals surface area (Å²) in [7, 11) is 2.01. The number of hydrogen-bond acceptors (Lipinski definition) is 5. The Morgan fingerprint density at radius 1 is 1.04 bits per heavy atom. The molecular formula is C23H32N2O3. The van der Waals surface area contributed by atoms with Crippen LogP contribution in [0.4, 0.5) is 0 Å². The lowest BCUT2D eigenvalue weighted by Gasteiger charge is -2.21. The third-order valence-electron chi connectivity index (χ3n) is 4.90. The molecule has 5 heteroatoms. The van der Waals surface area contributed by atoms with Gasteiger partial charge in [0.2, 0.25) is 0 Å². The van der Waals surface area contributed by atoms with Crippen molar-refractivity contribution in [2.75, 3.05) is 46.5 Å². The van der Waals surface area contributed by atoms with E-state index in [1.807, 2.05) is 37.4 Å². The second kappa shape index (κ2) is 11.2. The van der Waals surface area contributed by atoms with E-state index < -0.39 is 6.10 Å². The molecule has 0 aromatic heterocycles. The van der Waals surface area contributed by atoms with Gasteiger partial charge in [0.15, 0.2) is 0 Å². The van der Waals surface area contributed by atoms with Crippen LogP contribution < -0.4 is 4.74 Å². The highest BCUT2D eigenvalue weighted by molar-refractivity contribution is 5.27. The van der Waals surface area contributed by atoms with E-state index in [4.69, 9.17) is 9.47 Å². The fraction of sp³-hybridized carbons (Fsp3) is 0.478. The van der Waals surface area contributed by atoms with Crippen LogP contribution in [-0.4, -0.2) is 67.5 Å². The van der Waals surface area contributed by atoms with E-state index in [2.05, 4.69) is 34.1 Å². The fourth-order valence-corrected chi connectivity index (χ4v) is 3.47. The summed E-state index contributed by atoms with van der Waals surface area (Å²) in [6.45, 7) is 6.38. The van der Waals surface area contributed by atoms with Crippen LogP contribution in [0.15, 0.2) is 54.6 Å². The summed E-state index contributed by atoms with van der Waals surface area (Å²) in [5, 5.41) is 10.3. The van der Waals surface area contributed by atoms with Crippen molar-refractivity contribution in [2.45, 2.75) is 25.6 Å². The van der Waals surface area contributed by atoms with Gasteiger partial charge in [-0.15, -0.1) is 0 Å². The van der Waals surface area contributed by atoms with Crippen LogP contribution in [0.25, 0.3) is 0 Å². The molecule has 0 bridgehead atoms. The summed E-state index contributed by atoms with van der Waals surface area (Å²) in [5.74, 6) is 0.799. The first kappa shape index (κ1) is 20.8. The highest BCUT2D eigenvalue weighted by atomic mass is 16.5. The molecule has 0 saturated carbocycles. The number of ether oxygens (including phenoxy) is 2. The molecule has 1 heterocycles. The normalized spacial score (nSPS) is 16.7.